The zero-order chi connectivity index (χ0) is 28.0. The Kier molecular flexibility index (Phi) is 9.16. The van der Waals surface area contributed by atoms with Crippen molar-refractivity contribution in [1.29, 1.82) is 0 Å². The van der Waals surface area contributed by atoms with Crippen LogP contribution in [0.2, 0.25) is 0 Å². The van der Waals surface area contributed by atoms with Crippen molar-refractivity contribution in [1.82, 2.24) is 10.6 Å². The molecule has 0 heterocycles. The molecule has 38 heavy (non-hydrogen) atoms. The molecule has 204 valence electrons. The predicted molar refractivity (Wildman–Crippen MR) is 141 cm³/mol. The van der Waals surface area contributed by atoms with Gasteiger partial charge in [0.05, 0.1) is 40.2 Å². The first-order valence-electron chi connectivity index (χ1n) is 12.0. The van der Waals surface area contributed by atoms with Gasteiger partial charge in [-0.25, -0.2) is 0 Å². The molecule has 2 atom stereocenters. The van der Waals surface area contributed by atoms with Crippen molar-refractivity contribution in [3.8, 4) is 28.4 Å². The number of fused-ring (bicyclic) bond motifs is 3. The van der Waals surface area contributed by atoms with Crippen LogP contribution in [0.4, 0.5) is 5.69 Å². The minimum atomic E-state index is -0.827. The van der Waals surface area contributed by atoms with E-state index in [9.17, 15) is 19.2 Å². The van der Waals surface area contributed by atoms with Crippen LogP contribution in [0.25, 0.3) is 11.1 Å². The van der Waals surface area contributed by atoms with Crippen LogP contribution in [0.15, 0.2) is 29.1 Å². The molecule has 11 nitrogen and oxygen atoms in total. The number of amides is 2. The number of methoxy groups -OCH3 is 4. The van der Waals surface area contributed by atoms with Gasteiger partial charge < -0.3 is 34.9 Å². The highest BCUT2D eigenvalue weighted by atomic mass is 16.5. The van der Waals surface area contributed by atoms with Gasteiger partial charge in [-0.1, -0.05) is 6.07 Å². The van der Waals surface area contributed by atoms with Crippen molar-refractivity contribution in [2.75, 3.05) is 40.3 Å². The topological polar surface area (TPSA) is 141 Å². The third-order valence-electron chi connectivity index (χ3n) is 6.32. The maximum Gasteiger partial charge on any atom is 0.325 e. The standard InChI is InChI=1S/C27H33N3O8/c1-14(27(34)28-13-23(33)36-4)29-20-10-8-17-18(12-21(20)32)19(30-15(2)31)9-7-16-11-22(35-3)25(37-5)26(38-6)24(16)17/h8,10-12,14,19H,7,9,13H2,1-6H3,(H,28,34)(H,29,32)(H,30,31)/t14-,19-/m1/s1. The molecular weight excluding hydrogens is 494 g/mol. The van der Waals surface area contributed by atoms with Crippen molar-refractivity contribution >= 4 is 23.5 Å². The maximum atomic E-state index is 13.3. The molecule has 2 amide bonds. The average molecular weight is 528 g/mol. The molecule has 0 aliphatic heterocycles. The Hall–Kier alpha value is -4.28. The fraction of sp³-hybridized carbons (Fsp3) is 0.407. The van der Waals surface area contributed by atoms with Crippen LogP contribution in [-0.4, -0.2) is 58.8 Å². The van der Waals surface area contributed by atoms with E-state index in [2.05, 4.69) is 20.7 Å². The van der Waals surface area contributed by atoms with E-state index in [0.717, 1.165) is 11.1 Å². The number of nitrogens with one attached hydrogen (secondary N) is 3. The van der Waals surface area contributed by atoms with Gasteiger partial charge in [-0.05, 0) is 54.7 Å². The molecule has 3 N–H and O–H groups in total. The number of anilines is 1. The number of esters is 1. The minimum absolute atomic E-state index is 0.168. The summed E-state index contributed by atoms with van der Waals surface area (Å²) in [5.74, 6) is 0.0383. The molecule has 0 unspecified atom stereocenters. The van der Waals surface area contributed by atoms with E-state index in [-0.39, 0.29) is 23.6 Å². The molecule has 1 aliphatic rings. The molecular formula is C27H33N3O8. The number of aryl methyl sites for hydroxylation is 1. The van der Waals surface area contributed by atoms with Crippen molar-refractivity contribution < 1.29 is 33.3 Å². The Morgan fingerprint density at radius 2 is 1.74 bits per heavy atom. The first-order chi connectivity index (χ1) is 18.1. The van der Waals surface area contributed by atoms with Crippen molar-refractivity contribution in [3.63, 3.8) is 0 Å². The number of ether oxygens (including phenoxy) is 4. The molecule has 0 bridgehead atoms. The minimum Gasteiger partial charge on any atom is -0.493 e. The van der Waals surface area contributed by atoms with E-state index >= 15 is 0 Å². The Morgan fingerprint density at radius 1 is 1.03 bits per heavy atom. The van der Waals surface area contributed by atoms with E-state index in [1.54, 1.807) is 26.2 Å². The average Bonchev–Trinajstić information content (AvgIpc) is 3.14. The maximum absolute atomic E-state index is 13.3. The normalized spacial score (nSPS) is 14.5. The third-order valence-corrected chi connectivity index (χ3v) is 6.32. The molecule has 0 fully saturated rings. The summed E-state index contributed by atoms with van der Waals surface area (Å²) >= 11 is 0. The Morgan fingerprint density at radius 3 is 2.34 bits per heavy atom. The van der Waals surface area contributed by atoms with Crippen LogP contribution in [0.5, 0.6) is 17.2 Å². The van der Waals surface area contributed by atoms with E-state index in [1.807, 2.05) is 6.07 Å². The van der Waals surface area contributed by atoms with Crippen molar-refractivity contribution in [2.45, 2.75) is 38.8 Å². The number of carbonyl (C=O) groups excluding carboxylic acids is 3. The fourth-order valence-corrected chi connectivity index (χ4v) is 4.51. The van der Waals surface area contributed by atoms with E-state index in [1.165, 1.54) is 34.3 Å². The van der Waals surface area contributed by atoms with Gasteiger partial charge >= 0.3 is 5.97 Å². The second-order valence-corrected chi connectivity index (χ2v) is 8.76. The highest BCUT2D eigenvalue weighted by Gasteiger charge is 2.29. The number of hydrogen-bond donors (Lipinski definition) is 3. The molecule has 0 spiro atoms. The smallest absolute Gasteiger partial charge is 0.325 e. The largest absolute Gasteiger partial charge is 0.493 e. The lowest BCUT2D eigenvalue weighted by Gasteiger charge is -2.19. The van der Waals surface area contributed by atoms with Gasteiger partial charge in [0.15, 0.2) is 11.5 Å². The lowest BCUT2D eigenvalue weighted by Crippen LogP contribution is -2.40. The van der Waals surface area contributed by atoms with Crippen LogP contribution >= 0.6 is 0 Å². The van der Waals surface area contributed by atoms with E-state index in [0.29, 0.717) is 41.2 Å². The summed E-state index contributed by atoms with van der Waals surface area (Å²) in [5.41, 5.74) is 2.68. The van der Waals surface area contributed by atoms with Gasteiger partial charge in [0.2, 0.25) is 23.0 Å². The second kappa shape index (κ2) is 12.3. The molecule has 0 aromatic heterocycles. The second-order valence-electron chi connectivity index (χ2n) is 8.76. The molecule has 2 aromatic rings. The van der Waals surface area contributed by atoms with Crippen molar-refractivity contribution in [2.24, 2.45) is 0 Å². The molecule has 0 saturated carbocycles. The summed E-state index contributed by atoms with van der Waals surface area (Å²) in [4.78, 5) is 49.2. The first kappa shape index (κ1) is 28.3. The molecule has 0 saturated heterocycles. The quantitative estimate of drug-likeness (QED) is 0.417. The van der Waals surface area contributed by atoms with Gasteiger partial charge in [-0.15, -0.1) is 0 Å². The van der Waals surface area contributed by atoms with Gasteiger partial charge in [-0.2, -0.15) is 0 Å². The monoisotopic (exact) mass is 527 g/mol. The van der Waals surface area contributed by atoms with Crippen LogP contribution in [-0.2, 0) is 25.5 Å². The Balaban J connectivity index is 2.16. The molecule has 11 heteroatoms. The van der Waals surface area contributed by atoms with Gasteiger partial charge in [0, 0.05) is 12.5 Å². The Labute approximate surface area is 220 Å². The zero-order valence-electron chi connectivity index (χ0n) is 22.4. The highest BCUT2D eigenvalue weighted by Crippen LogP contribution is 2.50. The van der Waals surface area contributed by atoms with Crippen molar-refractivity contribution in [3.05, 3.63) is 45.6 Å². The summed E-state index contributed by atoms with van der Waals surface area (Å²) in [6.07, 6.45) is 1.10. The molecule has 2 aromatic carbocycles. The van der Waals surface area contributed by atoms with Gasteiger partial charge in [0.25, 0.3) is 0 Å². The van der Waals surface area contributed by atoms with Crippen LogP contribution in [0, 0.1) is 0 Å². The highest BCUT2D eigenvalue weighted by molar-refractivity contribution is 5.88. The molecule has 3 rings (SSSR count). The van der Waals surface area contributed by atoms with Crippen LogP contribution in [0.3, 0.4) is 0 Å². The summed E-state index contributed by atoms with van der Waals surface area (Å²) in [6, 6.07) is 5.39. The lowest BCUT2D eigenvalue weighted by atomic mass is 9.95. The molecule has 1 aliphatic carbocycles. The SMILES string of the molecule is COC(=O)CNC(=O)[C@@H](C)Nc1ccc2c(cc1=O)[C@H](NC(C)=O)CCc1cc(OC)c(OC)c(OC)c1-2. The van der Waals surface area contributed by atoms with Crippen LogP contribution < -0.4 is 35.6 Å². The first-order valence-corrected chi connectivity index (χ1v) is 12.0. The summed E-state index contributed by atoms with van der Waals surface area (Å²) in [7, 11) is 5.80. The number of benzene rings is 1. The summed E-state index contributed by atoms with van der Waals surface area (Å²) < 4.78 is 21.4. The van der Waals surface area contributed by atoms with E-state index < -0.39 is 24.0 Å². The predicted octanol–water partition coefficient (Wildman–Crippen LogP) is 1.95. The number of carbonyl (C=O) groups is 3. The molecule has 0 radical (unpaired) electrons. The van der Waals surface area contributed by atoms with Gasteiger partial charge in [-0.3, -0.25) is 19.2 Å². The Bertz CT molecular complexity index is 1290. The lowest BCUT2D eigenvalue weighted by molar-refractivity contribution is -0.141. The third kappa shape index (κ3) is 5.99. The van der Waals surface area contributed by atoms with E-state index in [4.69, 9.17) is 14.2 Å². The summed E-state index contributed by atoms with van der Waals surface area (Å²) in [6.45, 7) is 2.70. The van der Waals surface area contributed by atoms with Crippen LogP contribution in [0.1, 0.15) is 37.4 Å². The van der Waals surface area contributed by atoms with Gasteiger partial charge in [0.1, 0.15) is 12.6 Å². The summed E-state index contributed by atoms with van der Waals surface area (Å²) in [5, 5.41) is 8.33. The fourth-order valence-electron chi connectivity index (χ4n) is 4.51. The zero-order valence-corrected chi connectivity index (χ0v) is 22.4. The number of hydrogen-bond acceptors (Lipinski definition) is 9. The number of rotatable bonds is 9.